The Hall–Kier alpha value is -3.27. The largest absolute Gasteiger partial charge is 0.504 e. The predicted octanol–water partition coefficient (Wildman–Crippen LogP) is 4.67. The van der Waals surface area contributed by atoms with Gasteiger partial charge >= 0.3 is 12.1 Å². The maximum absolute atomic E-state index is 12.5. The van der Waals surface area contributed by atoms with Crippen molar-refractivity contribution in [1.82, 2.24) is 5.32 Å². The number of carboxylic acid groups (broad SMARTS) is 1. The summed E-state index contributed by atoms with van der Waals surface area (Å²) in [6.45, 7) is 0.0721. The van der Waals surface area contributed by atoms with E-state index in [0.717, 1.165) is 22.3 Å². The molecule has 1 aliphatic carbocycles. The highest BCUT2D eigenvalue weighted by Crippen LogP contribution is 2.44. The van der Waals surface area contributed by atoms with E-state index in [0.29, 0.717) is 3.57 Å². The summed E-state index contributed by atoms with van der Waals surface area (Å²) in [5.41, 5.74) is 4.59. The summed E-state index contributed by atoms with van der Waals surface area (Å²) in [6.07, 6.45) is -0.846. The van der Waals surface area contributed by atoms with Crippen LogP contribution in [0.3, 0.4) is 0 Å². The molecular formula is C24H20INO6. The highest BCUT2D eigenvalue weighted by Gasteiger charge is 2.30. The van der Waals surface area contributed by atoms with Crippen LogP contribution in [-0.4, -0.2) is 36.0 Å². The van der Waals surface area contributed by atoms with E-state index in [1.165, 1.54) is 19.2 Å². The standard InChI is InChI=1S/C24H20INO6/c1-31-20-11-13(10-19(25)22(20)27)21(23(28)29)26-24(30)32-12-18-16-8-4-2-6-14(16)15-7-3-5-9-17(15)18/h2-11,18,21,27H,12H2,1H3,(H,26,30)(H,28,29). The van der Waals surface area contributed by atoms with Crippen LogP contribution in [0.5, 0.6) is 11.5 Å². The Bertz CT molecular complexity index is 1150. The number of phenols is 1. The molecule has 0 aliphatic heterocycles. The molecule has 0 aromatic heterocycles. The zero-order valence-corrected chi connectivity index (χ0v) is 19.2. The van der Waals surface area contributed by atoms with Crippen LogP contribution in [0.2, 0.25) is 0 Å². The van der Waals surface area contributed by atoms with E-state index in [1.54, 1.807) is 0 Å². The van der Waals surface area contributed by atoms with Crippen molar-refractivity contribution in [2.75, 3.05) is 13.7 Å². The van der Waals surface area contributed by atoms with Gasteiger partial charge in [-0.05, 0) is 62.5 Å². The molecule has 3 aromatic carbocycles. The molecule has 0 bridgehead atoms. The van der Waals surface area contributed by atoms with Gasteiger partial charge in [-0.25, -0.2) is 9.59 Å². The van der Waals surface area contributed by atoms with E-state index in [9.17, 15) is 19.8 Å². The Morgan fingerprint density at radius 2 is 1.66 bits per heavy atom. The molecule has 0 saturated carbocycles. The number of benzene rings is 3. The van der Waals surface area contributed by atoms with Crippen molar-refractivity contribution >= 4 is 34.7 Å². The predicted molar refractivity (Wildman–Crippen MR) is 126 cm³/mol. The first-order valence-electron chi connectivity index (χ1n) is 9.81. The summed E-state index contributed by atoms with van der Waals surface area (Å²) in [6, 6.07) is 17.4. The fourth-order valence-electron chi connectivity index (χ4n) is 3.96. The van der Waals surface area contributed by atoms with Crippen molar-refractivity contribution in [3.8, 4) is 22.6 Å². The Morgan fingerprint density at radius 1 is 1.06 bits per heavy atom. The van der Waals surface area contributed by atoms with Crippen LogP contribution in [0.15, 0.2) is 60.7 Å². The van der Waals surface area contributed by atoms with Crippen molar-refractivity contribution in [2.45, 2.75) is 12.0 Å². The Labute approximate surface area is 198 Å². The number of carbonyl (C=O) groups is 2. The third-order valence-corrected chi connectivity index (χ3v) is 6.28. The maximum atomic E-state index is 12.5. The number of rotatable bonds is 6. The van der Waals surface area contributed by atoms with Crippen molar-refractivity contribution in [1.29, 1.82) is 0 Å². The first-order chi connectivity index (χ1) is 15.4. The minimum Gasteiger partial charge on any atom is -0.504 e. The van der Waals surface area contributed by atoms with Crippen molar-refractivity contribution in [2.24, 2.45) is 0 Å². The third-order valence-electron chi connectivity index (χ3n) is 5.46. The van der Waals surface area contributed by atoms with Gasteiger partial charge in [0, 0.05) is 5.92 Å². The molecule has 0 heterocycles. The number of fused-ring (bicyclic) bond motifs is 3. The average Bonchev–Trinajstić information content (AvgIpc) is 3.11. The minimum absolute atomic E-state index is 0.0721. The molecule has 32 heavy (non-hydrogen) atoms. The zero-order chi connectivity index (χ0) is 22.8. The lowest BCUT2D eigenvalue weighted by atomic mass is 9.98. The van der Waals surface area contributed by atoms with E-state index in [2.05, 4.69) is 5.32 Å². The number of amides is 1. The topological polar surface area (TPSA) is 105 Å². The van der Waals surface area contributed by atoms with E-state index in [4.69, 9.17) is 9.47 Å². The molecule has 0 saturated heterocycles. The van der Waals surface area contributed by atoms with Crippen LogP contribution < -0.4 is 10.1 Å². The highest BCUT2D eigenvalue weighted by atomic mass is 127. The quantitative estimate of drug-likeness (QED) is 0.389. The monoisotopic (exact) mass is 545 g/mol. The second-order valence-electron chi connectivity index (χ2n) is 7.29. The molecule has 1 amide bonds. The van der Waals surface area contributed by atoms with Gasteiger partial charge < -0.3 is 25.0 Å². The first kappa shape index (κ1) is 21.9. The Balaban J connectivity index is 1.51. The first-order valence-corrected chi connectivity index (χ1v) is 10.9. The van der Waals surface area contributed by atoms with Crippen LogP contribution in [-0.2, 0) is 9.53 Å². The molecule has 0 fully saturated rings. The van der Waals surface area contributed by atoms with Crippen molar-refractivity contribution < 1.29 is 29.3 Å². The number of nitrogens with one attached hydrogen (secondary N) is 1. The fraction of sp³-hybridized carbons (Fsp3) is 0.167. The normalized spacial score (nSPS) is 13.1. The third kappa shape index (κ3) is 4.10. The number of hydrogen-bond donors (Lipinski definition) is 3. The van der Waals surface area contributed by atoms with Gasteiger partial charge in [0.05, 0.1) is 10.7 Å². The molecule has 4 rings (SSSR count). The van der Waals surface area contributed by atoms with Crippen LogP contribution >= 0.6 is 22.6 Å². The number of aromatic hydroxyl groups is 1. The number of phenolic OH excluding ortho intramolecular Hbond substituents is 1. The van der Waals surface area contributed by atoms with Gasteiger partial charge in [0.2, 0.25) is 0 Å². The van der Waals surface area contributed by atoms with Crippen LogP contribution in [0, 0.1) is 3.57 Å². The molecule has 8 heteroatoms. The van der Waals surface area contributed by atoms with Gasteiger partial charge in [0.25, 0.3) is 0 Å². The summed E-state index contributed by atoms with van der Waals surface area (Å²) < 4.78 is 10.9. The van der Waals surface area contributed by atoms with Gasteiger partial charge in [-0.15, -0.1) is 0 Å². The molecule has 1 unspecified atom stereocenters. The number of methoxy groups -OCH3 is 1. The number of ether oxygens (including phenoxy) is 2. The molecule has 0 spiro atoms. The summed E-state index contributed by atoms with van der Waals surface area (Å²) in [7, 11) is 1.36. The molecule has 3 aromatic rings. The van der Waals surface area contributed by atoms with Gasteiger partial charge in [-0.3, -0.25) is 0 Å². The van der Waals surface area contributed by atoms with Gasteiger partial charge in [-0.2, -0.15) is 0 Å². The summed E-state index contributed by atoms with van der Waals surface area (Å²) in [4.78, 5) is 24.4. The van der Waals surface area contributed by atoms with Gasteiger partial charge in [-0.1, -0.05) is 48.5 Å². The van der Waals surface area contributed by atoms with E-state index in [-0.39, 0.29) is 29.6 Å². The molecule has 0 radical (unpaired) electrons. The van der Waals surface area contributed by atoms with E-state index >= 15 is 0 Å². The fourth-order valence-corrected chi connectivity index (χ4v) is 4.59. The van der Waals surface area contributed by atoms with Crippen LogP contribution in [0.1, 0.15) is 28.7 Å². The van der Waals surface area contributed by atoms with Gasteiger partial charge in [0.1, 0.15) is 6.61 Å². The van der Waals surface area contributed by atoms with Gasteiger partial charge in [0.15, 0.2) is 17.5 Å². The zero-order valence-electron chi connectivity index (χ0n) is 17.0. The number of aliphatic carboxylic acids is 1. The average molecular weight is 545 g/mol. The molecule has 1 atom stereocenters. The summed E-state index contributed by atoms with van der Waals surface area (Å²) in [5, 5.41) is 22.1. The second kappa shape index (κ2) is 9.07. The van der Waals surface area contributed by atoms with Crippen LogP contribution in [0.4, 0.5) is 4.79 Å². The molecule has 164 valence electrons. The van der Waals surface area contributed by atoms with Crippen LogP contribution in [0.25, 0.3) is 11.1 Å². The number of alkyl carbamates (subject to hydrolysis) is 1. The number of hydrogen-bond acceptors (Lipinski definition) is 5. The molecular weight excluding hydrogens is 525 g/mol. The highest BCUT2D eigenvalue weighted by molar-refractivity contribution is 14.1. The molecule has 3 N–H and O–H groups in total. The number of carbonyl (C=O) groups excluding carboxylic acids is 1. The maximum Gasteiger partial charge on any atom is 0.408 e. The van der Waals surface area contributed by atoms with E-state index in [1.807, 2.05) is 71.1 Å². The lowest BCUT2D eigenvalue weighted by Crippen LogP contribution is -2.35. The lowest BCUT2D eigenvalue weighted by molar-refractivity contribution is -0.139. The smallest absolute Gasteiger partial charge is 0.408 e. The SMILES string of the molecule is COc1cc(C(NC(=O)OCC2c3ccccc3-c3ccccc32)C(=O)O)cc(I)c1O. The lowest BCUT2D eigenvalue weighted by Gasteiger charge is -2.18. The number of carboxylic acids is 1. The van der Waals surface area contributed by atoms with Crippen molar-refractivity contribution in [3.63, 3.8) is 0 Å². The summed E-state index contributed by atoms with van der Waals surface area (Å²) >= 11 is 1.87. The van der Waals surface area contributed by atoms with E-state index < -0.39 is 18.1 Å². The Morgan fingerprint density at radius 3 is 2.22 bits per heavy atom. The minimum atomic E-state index is -1.37. The van der Waals surface area contributed by atoms with Crippen molar-refractivity contribution in [3.05, 3.63) is 80.9 Å². The number of halogens is 1. The second-order valence-corrected chi connectivity index (χ2v) is 8.46. The molecule has 1 aliphatic rings. The Kier molecular flexibility index (Phi) is 6.22. The summed E-state index contributed by atoms with van der Waals surface area (Å²) in [5.74, 6) is -1.37. The molecule has 7 nitrogen and oxygen atoms in total.